The number of nitrogens with two attached hydrogens (primary N) is 1. The van der Waals surface area contributed by atoms with Gasteiger partial charge in [-0.25, -0.2) is 0 Å². The van der Waals surface area contributed by atoms with Crippen LogP contribution in [0.15, 0.2) is 0 Å². The van der Waals surface area contributed by atoms with Gasteiger partial charge in [-0.15, -0.1) is 0 Å². The third-order valence-corrected chi connectivity index (χ3v) is 4.90. The number of carbonyl (C=O) groups excluding carboxylic acids is 1. The van der Waals surface area contributed by atoms with Crippen LogP contribution in [0.4, 0.5) is 0 Å². The number of rotatable bonds is 4. The summed E-state index contributed by atoms with van der Waals surface area (Å²) in [4.78, 5) is 14.5. The predicted octanol–water partition coefficient (Wildman–Crippen LogP) is 1.35. The Morgan fingerprint density at radius 2 is 2.05 bits per heavy atom. The van der Waals surface area contributed by atoms with E-state index < -0.39 is 0 Å². The molecule has 4 nitrogen and oxygen atoms in total. The summed E-state index contributed by atoms with van der Waals surface area (Å²) in [7, 11) is 0. The van der Waals surface area contributed by atoms with Crippen molar-refractivity contribution in [2.75, 3.05) is 26.2 Å². The number of piperidine rings is 2. The molecule has 0 aromatic rings. The lowest BCUT2D eigenvalue weighted by atomic mass is 9.89. The summed E-state index contributed by atoms with van der Waals surface area (Å²) in [6, 6.07) is 0.272. The molecule has 2 aliphatic rings. The fourth-order valence-corrected chi connectivity index (χ4v) is 3.56. The van der Waals surface area contributed by atoms with Crippen molar-refractivity contribution < 1.29 is 4.79 Å². The fourth-order valence-electron chi connectivity index (χ4n) is 3.56. The number of nitrogens with one attached hydrogen (secondary N) is 1. The molecule has 0 bridgehead atoms. The van der Waals surface area contributed by atoms with Gasteiger partial charge >= 0.3 is 0 Å². The molecule has 110 valence electrons. The highest BCUT2D eigenvalue weighted by atomic mass is 16.2. The Morgan fingerprint density at radius 3 is 2.74 bits per heavy atom. The number of hydrogen-bond acceptors (Lipinski definition) is 3. The van der Waals surface area contributed by atoms with Gasteiger partial charge in [0.05, 0.1) is 0 Å². The SMILES string of the molecule is C[C@@H]1CCCN(C(=O)CCC2CCNCC2)[C@@H]1CN. The van der Waals surface area contributed by atoms with E-state index in [0.29, 0.717) is 24.8 Å². The zero-order chi connectivity index (χ0) is 13.7. The van der Waals surface area contributed by atoms with Crippen LogP contribution >= 0.6 is 0 Å². The van der Waals surface area contributed by atoms with Crippen molar-refractivity contribution in [1.82, 2.24) is 10.2 Å². The fraction of sp³-hybridized carbons (Fsp3) is 0.933. The number of carbonyl (C=O) groups is 1. The molecule has 2 rings (SSSR count). The van der Waals surface area contributed by atoms with Gasteiger partial charge in [-0.2, -0.15) is 0 Å². The monoisotopic (exact) mass is 267 g/mol. The van der Waals surface area contributed by atoms with E-state index in [9.17, 15) is 4.79 Å². The maximum absolute atomic E-state index is 12.4. The highest BCUT2D eigenvalue weighted by molar-refractivity contribution is 5.76. The summed E-state index contributed by atoms with van der Waals surface area (Å²) >= 11 is 0. The smallest absolute Gasteiger partial charge is 0.222 e. The molecule has 2 saturated heterocycles. The van der Waals surface area contributed by atoms with Gasteiger partial charge in [-0.05, 0) is 57.0 Å². The van der Waals surface area contributed by atoms with Gasteiger partial charge in [0, 0.05) is 25.6 Å². The molecule has 2 atom stereocenters. The minimum Gasteiger partial charge on any atom is -0.338 e. The van der Waals surface area contributed by atoms with E-state index in [1.165, 1.54) is 19.3 Å². The van der Waals surface area contributed by atoms with Crippen LogP contribution in [-0.2, 0) is 4.79 Å². The molecule has 0 aromatic heterocycles. The zero-order valence-electron chi connectivity index (χ0n) is 12.2. The number of likely N-dealkylation sites (tertiary alicyclic amines) is 1. The molecule has 0 aromatic carbocycles. The first-order chi connectivity index (χ1) is 9.22. The van der Waals surface area contributed by atoms with Crippen molar-refractivity contribution in [2.24, 2.45) is 17.6 Å². The largest absolute Gasteiger partial charge is 0.338 e. The average Bonchev–Trinajstić information content (AvgIpc) is 2.45. The van der Waals surface area contributed by atoms with E-state index >= 15 is 0 Å². The Balaban J connectivity index is 1.80. The van der Waals surface area contributed by atoms with Crippen LogP contribution in [0.5, 0.6) is 0 Å². The van der Waals surface area contributed by atoms with Crippen LogP contribution in [0.25, 0.3) is 0 Å². The van der Waals surface area contributed by atoms with Crippen molar-refractivity contribution in [3.05, 3.63) is 0 Å². The molecule has 2 heterocycles. The molecule has 2 fully saturated rings. The van der Waals surface area contributed by atoms with Crippen LogP contribution in [0.1, 0.15) is 45.4 Å². The Bertz CT molecular complexity index is 289. The summed E-state index contributed by atoms with van der Waals surface area (Å²) in [6.45, 7) is 5.98. The van der Waals surface area contributed by atoms with Gasteiger partial charge in [-0.1, -0.05) is 6.92 Å². The van der Waals surface area contributed by atoms with Crippen LogP contribution in [-0.4, -0.2) is 43.0 Å². The van der Waals surface area contributed by atoms with Gasteiger partial charge < -0.3 is 16.0 Å². The van der Waals surface area contributed by atoms with E-state index in [1.54, 1.807) is 0 Å². The first kappa shape index (κ1) is 14.8. The van der Waals surface area contributed by atoms with Gasteiger partial charge in [0.1, 0.15) is 0 Å². The summed E-state index contributed by atoms with van der Waals surface area (Å²) in [6.07, 6.45) is 6.57. The maximum Gasteiger partial charge on any atom is 0.222 e. The second-order valence-corrected chi connectivity index (χ2v) is 6.24. The molecule has 0 spiro atoms. The number of amides is 1. The number of hydrogen-bond donors (Lipinski definition) is 2. The highest BCUT2D eigenvalue weighted by Crippen LogP contribution is 2.25. The summed E-state index contributed by atoms with van der Waals surface area (Å²) < 4.78 is 0. The Hall–Kier alpha value is -0.610. The average molecular weight is 267 g/mol. The molecule has 3 N–H and O–H groups in total. The molecule has 0 aliphatic carbocycles. The first-order valence-electron chi connectivity index (χ1n) is 7.92. The molecule has 2 aliphatic heterocycles. The van der Waals surface area contributed by atoms with Crippen LogP contribution in [0.3, 0.4) is 0 Å². The summed E-state index contributed by atoms with van der Waals surface area (Å²) in [5.41, 5.74) is 5.86. The molecule has 1 amide bonds. The Labute approximate surface area is 117 Å². The quantitative estimate of drug-likeness (QED) is 0.808. The van der Waals surface area contributed by atoms with E-state index in [1.807, 2.05) is 0 Å². The molecule has 4 heteroatoms. The van der Waals surface area contributed by atoms with Gasteiger partial charge in [0.25, 0.3) is 0 Å². The third-order valence-electron chi connectivity index (χ3n) is 4.90. The Kier molecular flexibility index (Phi) is 5.64. The highest BCUT2D eigenvalue weighted by Gasteiger charge is 2.30. The molecular formula is C15H29N3O. The lowest BCUT2D eigenvalue weighted by molar-refractivity contribution is -0.136. The van der Waals surface area contributed by atoms with Gasteiger partial charge in [0.2, 0.25) is 5.91 Å². The predicted molar refractivity (Wildman–Crippen MR) is 77.8 cm³/mol. The molecular weight excluding hydrogens is 238 g/mol. The molecule has 0 saturated carbocycles. The number of nitrogens with zero attached hydrogens (tertiary/aromatic N) is 1. The minimum atomic E-state index is 0.272. The van der Waals surface area contributed by atoms with Crippen molar-refractivity contribution in [2.45, 2.75) is 51.5 Å². The van der Waals surface area contributed by atoms with E-state index in [0.717, 1.165) is 38.4 Å². The van der Waals surface area contributed by atoms with Crippen molar-refractivity contribution in [3.8, 4) is 0 Å². The van der Waals surface area contributed by atoms with Gasteiger partial charge in [0.15, 0.2) is 0 Å². The van der Waals surface area contributed by atoms with Crippen molar-refractivity contribution in [1.29, 1.82) is 0 Å². The first-order valence-corrected chi connectivity index (χ1v) is 7.92. The second kappa shape index (κ2) is 7.25. The molecule has 19 heavy (non-hydrogen) atoms. The maximum atomic E-state index is 12.4. The van der Waals surface area contributed by atoms with Crippen LogP contribution in [0.2, 0.25) is 0 Å². The summed E-state index contributed by atoms with van der Waals surface area (Å²) in [5.74, 6) is 1.63. The zero-order valence-corrected chi connectivity index (χ0v) is 12.2. The lowest BCUT2D eigenvalue weighted by Crippen LogP contribution is -2.51. The van der Waals surface area contributed by atoms with Crippen LogP contribution < -0.4 is 11.1 Å². The van der Waals surface area contributed by atoms with E-state index in [2.05, 4.69) is 17.1 Å². The Morgan fingerprint density at radius 1 is 1.32 bits per heavy atom. The summed E-state index contributed by atoms with van der Waals surface area (Å²) in [5, 5.41) is 3.38. The standard InChI is InChI=1S/C15H29N3O/c1-12-3-2-10-18(14(12)11-16)15(19)5-4-13-6-8-17-9-7-13/h12-14,17H,2-11,16H2,1H3/t12-,14-/m1/s1. The second-order valence-electron chi connectivity index (χ2n) is 6.24. The van der Waals surface area contributed by atoms with E-state index in [-0.39, 0.29) is 6.04 Å². The topological polar surface area (TPSA) is 58.4 Å². The molecule has 0 unspecified atom stereocenters. The third kappa shape index (κ3) is 3.93. The minimum absolute atomic E-state index is 0.272. The van der Waals surface area contributed by atoms with Crippen molar-refractivity contribution in [3.63, 3.8) is 0 Å². The molecule has 0 radical (unpaired) electrons. The lowest BCUT2D eigenvalue weighted by Gasteiger charge is -2.39. The van der Waals surface area contributed by atoms with Crippen LogP contribution in [0, 0.1) is 11.8 Å². The van der Waals surface area contributed by atoms with Gasteiger partial charge in [-0.3, -0.25) is 4.79 Å². The van der Waals surface area contributed by atoms with E-state index in [4.69, 9.17) is 5.73 Å². The van der Waals surface area contributed by atoms with Crippen molar-refractivity contribution >= 4 is 5.91 Å². The normalized spacial score (nSPS) is 29.5.